The van der Waals surface area contributed by atoms with Crippen LogP contribution in [0.2, 0.25) is 5.02 Å². The molecule has 82 valence electrons. The molecule has 1 N–H and O–H groups in total. The topological polar surface area (TPSA) is 46.5 Å². The number of carbonyl (C=O) groups is 1. The van der Waals surface area contributed by atoms with Crippen LogP contribution >= 0.6 is 27.5 Å². The normalized spacial score (nSPS) is 12.3. The Morgan fingerprint density at radius 1 is 1.67 bits per heavy atom. The first-order chi connectivity index (χ1) is 6.97. The number of esters is 1. The molecule has 0 aromatic heterocycles. The molecule has 1 aromatic rings. The molecule has 0 saturated heterocycles. The maximum atomic E-state index is 13.1. The van der Waals surface area contributed by atoms with Crippen molar-refractivity contribution in [3.8, 4) is 0 Å². The molecule has 1 unspecified atom stereocenters. The Morgan fingerprint density at radius 2 is 2.27 bits per heavy atom. The van der Waals surface area contributed by atoms with Crippen molar-refractivity contribution in [1.29, 1.82) is 0 Å². The van der Waals surface area contributed by atoms with Gasteiger partial charge in [-0.25, -0.2) is 9.18 Å². The Balaban J connectivity index is 3.11. The summed E-state index contributed by atoms with van der Waals surface area (Å²) in [5.74, 6) is -1.58. The van der Waals surface area contributed by atoms with Gasteiger partial charge >= 0.3 is 5.97 Å². The summed E-state index contributed by atoms with van der Waals surface area (Å²) in [6.45, 7) is 0. The van der Waals surface area contributed by atoms with Gasteiger partial charge in [0.25, 0.3) is 0 Å². The number of aliphatic hydroxyl groups is 1. The first kappa shape index (κ1) is 12.4. The summed E-state index contributed by atoms with van der Waals surface area (Å²) < 4.78 is 17.7. The monoisotopic (exact) mass is 296 g/mol. The van der Waals surface area contributed by atoms with Crippen LogP contribution in [-0.4, -0.2) is 18.2 Å². The van der Waals surface area contributed by atoms with Crippen LogP contribution in [0, 0.1) is 5.82 Å². The zero-order chi connectivity index (χ0) is 11.6. The highest BCUT2D eigenvalue weighted by Gasteiger charge is 2.20. The molecule has 1 rings (SSSR count). The molecule has 0 radical (unpaired) electrons. The number of halogens is 3. The van der Waals surface area contributed by atoms with Crippen molar-refractivity contribution >= 4 is 33.5 Å². The average Bonchev–Trinajstić information content (AvgIpc) is 2.23. The number of methoxy groups -OCH3 is 1. The van der Waals surface area contributed by atoms with Gasteiger partial charge in [0.05, 0.1) is 12.1 Å². The molecule has 0 bridgehead atoms. The van der Waals surface area contributed by atoms with Crippen LogP contribution in [0.3, 0.4) is 0 Å². The fourth-order valence-corrected chi connectivity index (χ4v) is 1.54. The highest BCUT2D eigenvalue weighted by atomic mass is 79.9. The van der Waals surface area contributed by atoms with E-state index in [1.807, 2.05) is 0 Å². The smallest absolute Gasteiger partial charge is 0.339 e. The summed E-state index contributed by atoms with van der Waals surface area (Å²) in [5, 5.41) is 9.32. The summed E-state index contributed by atoms with van der Waals surface area (Å²) >= 11 is 8.55. The Bertz CT molecular complexity index is 374. The summed E-state index contributed by atoms with van der Waals surface area (Å²) in [4.78, 5) is 11.0. The van der Waals surface area contributed by atoms with Gasteiger partial charge in [0.15, 0.2) is 6.10 Å². The number of benzene rings is 1. The summed E-state index contributed by atoms with van der Waals surface area (Å²) in [7, 11) is 1.13. The molecule has 0 heterocycles. The maximum Gasteiger partial charge on any atom is 0.339 e. The first-order valence-corrected chi connectivity index (χ1v) is 5.04. The lowest BCUT2D eigenvalue weighted by molar-refractivity contribution is -0.150. The van der Waals surface area contributed by atoms with Crippen molar-refractivity contribution in [2.75, 3.05) is 7.11 Å². The zero-order valence-corrected chi connectivity index (χ0v) is 9.97. The second kappa shape index (κ2) is 4.92. The van der Waals surface area contributed by atoms with Crippen molar-refractivity contribution in [3.63, 3.8) is 0 Å². The van der Waals surface area contributed by atoms with Gasteiger partial charge < -0.3 is 9.84 Å². The number of ether oxygens (including phenoxy) is 1. The van der Waals surface area contributed by atoms with Crippen LogP contribution in [0.4, 0.5) is 4.39 Å². The van der Waals surface area contributed by atoms with Crippen LogP contribution in [0.25, 0.3) is 0 Å². The third kappa shape index (κ3) is 2.68. The Hall–Kier alpha value is -0.650. The lowest BCUT2D eigenvalue weighted by Gasteiger charge is -2.09. The molecule has 0 aliphatic carbocycles. The highest BCUT2D eigenvalue weighted by Crippen LogP contribution is 2.29. The van der Waals surface area contributed by atoms with E-state index in [9.17, 15) is 14.3 Å². The SMILES string of the molecule is COC(=O)C(O)c1cc(F)c(Cl)c(Br)c1. The number of hydrogen-bond donors (Lipinski definition) is 1. The van der Waals surface area contributed by atoms with Gasteiger partial charge in [0.1, 0.15) is 5.82 Å². The van der Waals surface area contributed by atoms with Crippen molar-refractivity contribution in [2.24, 2.45) is 0 Å². The number of hydrogen-bond acceptors (Lipinski definition) is 3. The highest BCUT2D eigenvalue weighted by molar-refractivity contribution is 9.10. The molecule has 0 saturated carbocycles. The molecule has 6 heteroatoms. The quantitative estimate of drug-likeness (QED) is 0.674. The molecule has 0 aliphatic heterocycles. The van der Waals surface area contributed by atoms with E-state index in [0.717, 1.165) is 13.2 Å². The third-order valence-electron chi connectivity index (χ3n) is 1.75. The van der Waals surface area contributed by atoms with E-state index in [0.29, 0.717) is 0 Å². The van der Waals surface area contributed by atoms with Gasteiger partial charge in [-0.3, -0.25) is 0 Å². The minimum Gasteiger partial charge on any atom is -0.467 e. The molecule has 0 amide bonds. The molecule has 15 heavy (non-hydrogen) atoms. The molecule has 1 atom stereocenters. The minimum atomic E-state index is -1.52. The number of carbonyl (C=O) groups excluding carboxylic acids is 1. The predicted octanol–water partition coefficient (Wildman–Crippen LogP) is 2.45. The van der Waals surface area contributed by atoms with Crippen LogP contribution in [0.15, 0.2) is 16.6 Å². The van der Waals surface area contributed by atoms with Crippen molar-refractivity contribution in [2.45, 2.75) is 6.10 Å². The predicted molar refractivity (Wildman–Crippen MR) is 56.1 cm³/mol. The summed E-state index contributed by atoms with van der Waals surface area (Å²) in [5.41, 5.74) is 0.0793. The van der Waals surface area contributed by atoms with Crippen LogP contribution in [0.5, 0.6) is 0 Å². The maximum absolute atomic E-state index is 13.1. The van der Waals surface area contributed by atoms with E-state index in [1.165, 1.54) is 6.07 Å². The van der Waals surface area contributed by atoms with Crippen LogP contribution in [-0.2, 0) is 9.53 Å². The summed E-state index contributed by atoms with van der Waals surface area (Å²) in [6, 6.07) is 2.34. The number of aliphatic hydroxyl groups excluding tert-OH is 1. The molecular formula is C9H7BrClFO3. The molecule has 3 nitrogen and oxygen atoms in total. The fraction of sp³-hybridized carbons (Fsp3) is 0.222. The van der Waals surface area contributed by atoms with E-state index in [1.54, 1.807) is 0 Å². The second-order valence-corrected chi connectivity index (χ2v) is 3.96. The van der Waals surface area contributed by atoms with Crippen LogP contribution in [0.1, 0.15) is 11.7 Å². The van der Waals surface area contributed by atoms with Gasteiger partial charge in [-0.2, -0.15) is 0 Å². The van der Waals surface area contributed by atoms with Gasteiger partial charge in [0.2, 0.25) is 0 Å². The standard InChI is InChI=1S/C9H7BrClFO3/c1-15-9(14)8(13)4-2-5(10)7(11)6(12)3-4/h2-3,8,13H,1H3. The minimum absolute atomic E-state index is 0.0793. The molecule has 0 aliphatic rings. The fourth-order valence-electron chi connectivity index (χ4n) is 0.981. The van der Waals surface area contributed by atoms with Gasteiger partial charge in [-0.05, 0) is 33.6 Å². The largest absolute Gasteiger partial charge is 0.467 e. The Kier molecular flexibility index (Phi) is 4.07. The summed E-state index contributed by atoms with van der Waals surface area (Å²) in [6.07, 6.45) is -1.52. The molecular weight excluding hydrogens is 290 g/mol. The van der Waals surface area contributed by atoms with E-state index in [2.05, 4.69) is 20.7 Å². The first-order valence-electron chi connectivity index (χ1n) is 3.87. The third-order valence-corrected chi connectivity index (χ3v) is 2.98. The van der Waals surface area contributed by atoms with Gasteiger partial charge in [0, 0.05) is 4.47 Å². The van der Waals surface area contributed by atoms with Gasteiger partial charge in [-0.1, -0.05) is 11.6 Å². The van der Waals surface area contributed by atoms with Crippen molar-refractivity contribution < 1.29 is 19.0 Å². The van der Waals surface area contributed by atoms with E-state index >= 15 is 0 Å². The molecule has 1 aromatic carbocycles. The lowest BCUT2D eigenvalue weighted by atomic mass is 10.1. The van der Waals surface area contributed by atoms with Gasteiger partial charge in [-0.15, -0.1) is 0 Å². The second-order valence-electron chi connectivity index (χ2n) is 2.72. The Labute approximate surface area is 98.9 Å². The lowest BCUT2D eigenvalue weighted by Crippen LogP contribution is -2.13. The van der Waals surface area contributed by atoms with E-state index in [4.69, 9.17) is 11.6 Å². The van der Waals surface area contributed by atoms with Crippen molar-refractivity contribution in [3.05, 3.63) is 33.0 Å². The average molecular weight is 298 g/mol. The van der Waals surface area contributed by atoms with E-state index < -0.39 is 17.9 Å². The zero-order valence-electron chi connectivity index (χ0n) is 7.63. The van der Waals surface area contributed by atoms with E-state index in [-0.39, 0.29) is 15.1 Å². The molecule has 0 spiro atoms. The Morgan fingerprint density at radius 3 is 2.73 bits per heavy atom. The number of rotatable bonds is 2. The van der Waals surface area contributed by atoms with Crippen LogP contribution < -0.4 is 0 Å². The van der Waals surface area contributed by atoms with Crippen molar-refractivity contribution in [1.82, 2.24) is 0 Å². The molecule has 0 fully saturated rings.